The van der Waals surface area contributed by atoms with Crippen LogP contribution in [0.4, 0.5) is 14.5 Å². The molecule has 0 N–H and O–H groups in total. The number of nitrogens with zero attached hydrogens (tertiary/aromatic N) is 1. The summed E-state index contributed by atoms with van der Waals surface area (Å²) in [7, 11) is 1.42. The van der Waals surface area contributed by atoms with Crippen LogP contribution in [0.5, 0.6) is 0 Å². The molecule has 104 valence electrons. The zero-order valence-electron chi connectivity index (χ0n) is 9.64. The first kappa shape index (κ1) is 14.2. The Bertz CT molecular complexity index is 600. The molecule has 1 aromatic rings. The van der Waals surface area contributed by atoms with E-state index in [1.54, 1.807) is 0 Å². The number of anilines is 1. The summed E-state index contributed by atoms with van der Waals surface area (Å²) >= 11 is 0. The van der Waals surface area contributed by atoms with Gasteiger partial charge in [0.2, 0.25) is 15.0 Å². The Morgan fingerprint density at radius 2 is 1.84 bits per heavy atom. The Kier molecular flexibility index (Phi) is 3.78. The van der Waals surface area contributed by atoms with E-state index in [0.29, 0.717) is 6.07 Å². The van der Waals surface area contributed by atoms with Crippen molar-refractivity contribution in [3.8, 4) is 0 Å². The minimum atomic E-state index is -3.71. The SMILES string of the molecule is O=C1CC(CS(=O)(=O)Cl)CN1c1cc(F)cc(F)c1. The average molecular weight is 310 g/mol. The number of amides is 1. The lowest BCUT2D eigenvalue weighted by atomic mass is 10.1. The molecule has 2 rings (SSSR count). The molecular formula is C11H10ClF2NO3S. The van der Waals surface area contributed by atoms with E-state index in [1.807, 2.05) is 0 Å². The van der Waals surface area contributed by atoms with Gasteiger partial charge in [0.15, 0.2) is 0 Å². The maximum absolute atomic E-state index is 13.1. The largest absolute Gasteiger partial charge is 0.312 e. The molecule has 1 aromatic carbocycles. The number of benzene rings is 1. The lowest BCUT2D eigenvalue weighted by molar-refractivity contribution is -0.117. The highest BCUT2D eigenvalue weighted by molar-refractivity contribution is 8.13. The van der Waals surface area contributed by atoms with Gasteiger partial charge in [-0.1, -0.05) is 0 Å². The van der Waals surface area contributed by atoms with Gasteiger partial charge in [-0.2, -0.15) is 0 Å². The van der Waals surface area contributed by atoms with E-state index in [4.69, 9.17) is 10.7 Å². The normalized spacial score (nSPS) is 20.1. The fourth-order valence-corrected chi connectivity index (χ4v) is 3.44. The number of carbonyl (C=O) groups is 1. The van der Waals surface area contributed by atoms with Crippen LogP contribution in [0.1, 0.15) is 6.42 Å². The molecule has 1 saturated heterocycles. The molecule has 1 aliphatic rings. The van der Waals surface area contributed by atoms with Crippen molar-refractivity contribution in [1.82, 2.24) is 0 Å². The van der Waals surface area contributed by atoms with E-state index in [2.05, 4.69) is 0 Å². The first-order chi connectivity index (χ1) is 8.74. The highest BCUT2D eigenvalue weighted by atomic mass is 35.7. The molecule has 1 heterocycles. The second-order valence-electron chi connectivity index (χ2n) is 4.41. The highest BCUT2D eigenvalue weighted by Gasteiger charge is 2.33. The van der Waals surface area contributed by atoms with Gasteiger partial charge in [0.1, 0.15) is 11.6 Å². The summed E-state index contributed by atoms with van der Waals surface area (Å²) in [4.78, 5) is 12.9. The lowest BCUT2D eigenvalue weighted by Crippen LogP contribution is -2.25. The average Bonchev–Trinajstić information content (AvgIpc) is 2.54. The second kappa shape index (κ2) is 5.05. The summed E-state index contributed by atoms with van der Waals surface area (Å²) < 4.78 is 48.1. The van der Waals surface area contributed by atoms with Crippen LogP contribution < -0.4 is 4.90 Å². The van der Waals surface area contributed by atoms with Gasteiger partial charge in [0, 0.05) is 41.3 Å². The molecule has 0 radical (unpaired) electrons. The molecule has 19 heavy (non-hydrogen) atoms. The molecule has 1 aliphatic heterocycles. The van der Waals surface area contributed by atoms with Crippen molar-refractivity contribution in [2.45, 2.75) is 6.42 Å². The smallest absolute Gasteiger partial charge is 0.232 e. The highest BCUT2D eigenvalue weighted by Crippen LogP contribution is 2.27. The van der Waals surface area contributed by atoms with E-state index >= 15 is 0 Å². The van der Waals surface area contributed by atoms with E-state index < -0.39 is 26.6 Å². The Hall–Kier alpha value is -1.21. The van der Waals surface area contributed by atoms with Crippen molar-refractivity contribution in [2.24, 2.45) is 5.92 Å². The zero-order valence-corrected chi connectivity index (χ0v) is 11.2. The maximum Gasteiger partial charge on any atom is 0.232 e. The molecule has 8 heteroatoms. The molecule has 1 amide bonds. The molecule has 0 saturated carbocycles. The molecular weight excluding hydrogens is 300 g/mol. The predicted molar refractivity (Wildman–Crippen MR) is 66.5 cm³/mol. The molecule has 0 aliphatic carbocycles. The number of carbonyl (C=O) groups excluding carboxylic acids is 1. The van der Waals surface area contributed by atoms with Gasteiger partial charge in [0.05, 0.1) is 5.75 Å². The molecule has 1 atom stereocenters. The number of hydrogen-bond acceptors (Lipinski definition) is 3. The van der Waals surface area contributed by atoms with Crippen LogP contribution in [0.3, 0.4) is 0 Å². The minimum absolute atomic E-state index is 0.00984. The van der Waals surface area contributed by atoms with Crippen molar-refractivity contribution >= 4 is 31.3 Å². The Morgan fingerprint density at radius 3 is 2.37 bits per heavy atom. The summed E-state index contributed by atoms with van der Waals surface area (Å²) in [6.07, 6.45) is -0.00984. The van der Waals surface area contributed by atoms with Gasteiger partial charge < -0.3 is 4.90 Å². The number of halogens is 3. The third kappa shape index (κ3) is 3.63. The molecule has 0 aromatic heterocycles. The van der Waals surface area contributed by atoms with Crippen LogP contribution in [-0.4, -0.2) is 26.6 Å². The fourth-order valence-electron chi connectivity index (χ4n) is 2.12. The monoisotopic (exact) mass is 309 g/mol. The van der Waals surface area contributed by atoms with Gasteiger partial charge in [-0.3, -0.25) is 4.79 Å². The standard InChI is InChI=1S/C11H10ClF2NO3S/c12-19(17,18)6-7-1-11(16)15(5-7)10-3-8(13)2-9(14)4-10/h2-4,7H,1,5-6H2. The van der Waals surface area contributed by atoms with Crippen molar-refractivity contribution in [3.63, 3.8) is 0 Å². The van der Waals surface area contributed by atoms with E-state index in [0.717, 1.165) is 12.1 Å². The van der Waals surface area contributed by atoms with Crippen molar-refractivity contribution < 1.29 is 22.0 Å². The fraction of sp³-hybridized carbons (Fsp3) is 0.364. The summed E-state index contributed by atoms with van der Waals surface area (Å²) in [6, 6.07) is 2.75. The van der Waals surface area contributed by atoms with Crippen LogP contribution in [0.15, 0.2) is 18.2 Å². The van der Waals surface area contributed by atoms with Crippen LogP contribution in [0.25, 0.3) is 0 Å². The lowest BCUT2D eigenvalue weighted by Gasteiger charge is -2.16. The second-order valence-corrected chi connectivity index (χ2v) is 7.23. The predicted octanol–water partition coefficient (Wildman–Crippen LogP) is 1.89. The van der Waals surface area contributed by atoms with E-state index in [1.165, 1.54) is 4.90 Å². The van der Waals surface area contributed by atoms with Crippen molar-refractivity contribution in [1.29, 1.82) is 0 Å². The van der Waals surface area contributed by atoms with Gasteiger partial charge in [0.25, 0.3) is 0 Å². The Balaban J connectivity index is 2.20. The van der Waals surface area contributed by atoms with Crippen molar-refractivity contribution in [2.75, 3.05) is 17.2 Å². The molecule has 4 nitrogen and oxygen atoms in total. The number of hydrogen-bond donors (Lipinski definition) is 0. The van der Waals surface area contributed by atoms with Gasteiger partial charge in [-0.15, -0.1) is 0 Å². The summed E-state index contributed by atoms with van der Waals surface area (Å²) in [6.45, 7) is 0.0771. The first-order valence-corrected chi connectivity index (χ1v) is 7.91. The summed E-state index contributed by atoms with van der Waals surface area (Å²) in [5, 5.41) is 0. The first-order valence-electron chi connectivity index (χ1n) is 5.43. The van der Waals surface area contributed by atoms with Gasteiger partial charge in [-0.25, -0.2) is 17.2 Å². The van der Waals surface area contributed by atoms with E-state index in [-0.39, 0.29) is 30.3 Å². The van der Waals surface area contributed by atoms with Crippen molar-refractivity contribution in [3.05, 3.63) is 29.8 Å². The van der Waals surface area contributed by atoms with Crippen LogP contribution in [0.2, 0.25) is 0 Å². The molecule has 1 fully saturated rings. The Labute approximate surface area is 113 Å². The zero-order chi connectivity index (χ0) is 14.2. The van der Waals surface area contributed by atoms with E-state index in [9.17, 15) is 22.0 Å². The van der Waals surface area contributed by atoms with Gasteiger partial charge >= 0.3 is 0 Å². The summed E-state index contributed by atoms with van der Waals surface area (Å²) in [5.74, 6) is -2.78. The third-order valence-corrected chi connectivity index (χ3v) is 4.05. The third-order valence-electron chi connectivity index (χ3n) is 2.80. The number of rotatable bonds is 3. The molecule has 1 unspecified atom stereocenters. The quantitative estimate of drug-likeness (QED) is 0.801. The van der Waals surface area contributed by atoms with Crippen LogP contribution in [0, 0.1) is 17.6 Å². The van der Waals surface area contributed by atoms with Crippen LogP contribution >= 0.6 is 10.7 Å². The minimum Gasteiger partial charge on any atom is -0.312 e. The van der Waals surface area contributed by atoms with Gasteiger partial charge in [-0.05, 0) is 12.1 Å². The maximum atomic E-state index is 13.1. The summed E-state index contributed by atoms with van der Waals surface area (Å²) in [5.41, 5.74) is 0.0805. The molecule has 0 bridgehead atoms. The van der Waals surface area contributed by atoms with Crippen LogP contribution in [-0.2, 0) is 13.8 Å². The Morgan fingerprint density at radius 1 is 1.26 bits per heavy atom. The molecule has 0 spiro atoms. The topological polar surface area (TPSA) is 54.5 Å².